The standard InChI is InChI=1S/C17H26N2O3S/c1-12(2)14(19-15(20)13-7-6-10-23-13)16(21)18-11-17(22)8-4-3-5-9-17/h6-7,10,12,14,22H,3-5,8-9,11H2,1-2H3,(H,18,21)(H,19,20)/t14-/m1/s1. The van der Waals surface area contributed by atoms with E-state index >= 15 is 0 Å². The fourth-order valence-corrected chi connectivity index (χ4v) is 3.53. The van der Waals surface area contributed by atoms with Crippen LogP contribution in [0, 0.1) is 5.92 Å². The van der Waals surface area contributed by atoms with Crippen molar-refractivity contribution in [1.82, 2.24) is 10.6 Å². The lowest BCUT2D eigenvalue weighted by Gasteiger charge is -2.33. The molecule has 1 fully saturated rings. The Morgan fingerprint density at radius 3 is 2.57 bits per heavy atom. The summed E-state index contributed by atoms with van der Waals surface area (Å²) in [5.41, 5.74) is -0.798. The second-order valence-electron chi connectivity index (χ2n) is 6.68. The van der Waals surface area contributed by atoms with Gasteiger partial charge in [-0.05, 0) is 30.2 Å². The van der Waals surface area contributed by atoms with E-state index in [1.807, 2.05) is 25.3 Å². The van der Waals surface area contributed by atoms with Crippen LogP contribution in [-0.2, 0) is 4.79 Å². The van der Waals surface area contributed by atoms with Crippen molar-refractivity contribution in [3.05, 3.63) is 22.4 Å². The molecule has 0 aromatic carbocycles. The fourth-order valence-electron chi connectivity index (χ4n) is 2.90. The molecule has 2 amide bonds. The molecular weight excluding hydrogens is 312 g/mol. The lowest BCUT2D eigenvalue weighted by atomic mass is 9.85. The van der Waals surface area contributed by atoms with E-state index in [1.165, 1.54) is 11.3 Å². The first-order valence-corrected chi connectivity index (χ1v) is 9.14. The maximum Gasteiger partial charge on any atom is 0.262 e. The molecule has 0 aliphatic heterocycles. The highest BCUT2D eigenvalue weighted by Crippen LogP contribution is 2.27. The van der Waals surface area contributed by atoms with E-state index in [4.69, 9.17) is 0 Å². The SMILES string of the molecule is CC(C)[C@@H](NC(=O)c1cccs1)C(=O)NCC1(O)CCCCC1. The Labute approximate surface area is 141 Å². The Kier molecular flexibility index (Phi) is 6.18. The number of carbonyl (C=O) groups is 2. The zero-order chi connectivity index (χ0) is 16.9. The minimum absolute atomic E-state index is 0.0279. The predicted octanol–water partition coefficient (Wildman–Crippen LogP) is 2.31. The molecule has 1 aromatic heterocycles. The molecule has 128 valence electrons. The molecule has 0 unspecified atom stereocenters. The zero-order valence-corrected chi connectivity index (χ0v) is 14.6. The molecule has 6 heteroatoms. The van der Waals surface area contributed by atoms with Gasteiger partial charge in [0.25, 0.3) is 5.91 Å². The van der Waals surface area contributed by atoms with Gasteiger partial charge in [-0.2, -0.15) is 0 Å². The average molecular weight is 338 g/mol. The van der Waals surface area contributed by atoms with Gasteiger partial charge in [0.05, 0.1) is 10.5 Å². The van der Waals surface area contributed by atoms with E-state index in [0.29, 0.717) is 4.88 Å². The van der Waals surface area contributed by atoms with Gasteiger partial charge in [-0.3, -0.25) is 9.59 Å². The monoisotopic (exact) mass is 338 g/mol. The number of rotatable bonds is 6. The minimum atomic E-state index is -0.798. The van der Waals surface area contributed by atoms with Gasteiger partial charge in [0.15, 0.2) is 0 Å². The number of hydrogen-bond donors (Lipinski definition) is 3. The molecule has 0 spiro atoms. The molecule has 0 bridgehead atoms. The third-order valence-electron chi connectivity index (χ3n) is 4.36. The van der Waals surface area contributed by atoms with Gasteiger partial charge in [0.1, 0.15) is 6.04 Å². The van der Waals surface area contributed by atoms with Crippen molar-refractivity contribution in [3.8, 4) is 0 Å². The summed E-state index contributed by atoms with van der Waals surface area (Å²) in [4.78, 5) is 25.2. The number of hydrogen-bond acceptors (Lipinski definition) is 4. The van der Waals surface area contributed by atoms with Crippen LogP contribution < -0.4 is 10.6 Å². The summed E-state index contributed by atoms with van der Waals surface area (Å²) < 4.78 is 0. The van der Waals surface area contributed by atoms with Crippen molar-refractivity contribution in [1.29, 1.82) is 0 Å². The Morgan fingerprint density at radius 1 is 1.30 bits per heavy atom. The average Bonchev–Trinajstić information content (AvgIpc) is 3.05. The van der Waals surface area contributed by atoms with Gasteiger partial charge >= 0.3 is 0 Å². The fraction of sp³-hybridized carbons (Fsp3) is 0.647. The van der Waals surface area contributed by atoms with Crippen molar-refractivity contribution in [2.24, 2.45) is 5.92 Å². The lowest BCUT2D eigenvalue weighted by Crippen LogP contribution is -2.53. The van der Waals surface area contributed by atoms with E-state index in [2.05, 4.69) is 10.6 Å². The van der Waals surface area contributed by atoms with Crippen molar-refractivity contribution in [2.75, 3.05) is 6.54 Å². The quantitative estimate of drug-likeness (QED) is 0.745. The van der Waals surface area contributed by atoms with Gasteiger partial charge in [-0.1, -0.05) is 39.2 Å². The first kappa shape index (κ1) is 17.9. The van der Waals surface area contributed by atoms with Crippen molar-refractivity contribution in [3.63, 3.8) is 0 Å². The predicted molar refractivity (Wildman–Crippen MR) is 91.5 cm³/mol. The van der Waals surface area contributed by atoms with Crippen LogP contribution in [0.4, 0.5) is 0 Å². The number of aliphatic hydroxyl groups is 1. The van der Waals surface area contributed by atoms with Crippen LogP contribution in [0.5, 0.6) is 0 Å². The molecule has 5 nitrogen and oxygen atoms in total. The van der Waals surface area contributed by atoms with Gasteiger partial charge < -0.3 is 15.7 Å². The molecule has 1 aliphatic carbocycles. The number of amides is 2. The van der Waals surface area contributed by atoms with E-state index in [-0.39, 0.29) is 24.3 Å². The van der Waals surface area contributed by atoms with Gasteiger partial charge in [-0.15, -0.1) is 11.3 Å². The number of carbonyl (C=O) groups excluding carboxylic acids is 2. The summed E-state index contributed by atoms with van der Waals surface area (Å²) in [6, 6.07) is 2.94. The molecule has 1 aromatic rings. The van der Waals surface area contributed by atoms with Crippen LogP contribution >= 0.6 is 11.3 Å². The molecule has 3 N–H and O–H groups in total. The largest absolute Gasteiger partial charge is 0.388 e. The highest BCUT2D eigenvalue weighted by molar-refractivity contribution is 7.12. The summed E-state index contributed by atoms with van der Waals surface area (Å²) >= 11 is 1.35. The zero-order valence-electron chi connectivity index (χ0n) is 13.8. The third-order valence-corrected chi connectivity index (χ3v) is 5.23. The van der Waals surface area contributed by atoms with Crippen LogP contribution in [0.3, 0.4) is 0 Å². The second kappa shape index (κ2) is 7.93. The highest BCUT2D eigenvalue weighted by Gasteiger charge is 2.31. The topological polar surface area (TPSA) is 78.4 Å². The van der Waals surface area contributed by atoms with Crippen molar-refractivity contribution < 1.29 is 14.7 Å². The Bertz CT molecular complexity index is 522. The molecule has 1 atom stereocenters. The normalized spacial score (nSPS) is 18.4. The Hall–Kier alpha value is -1.40. The molecule has 0 radical (unpaired) electrons. The first-order valence-electron chi connectivity index (χ1n) is 8.26. The second-order valence-corrected chi connectivity index (χ2v) is 7.62. The maximum atomic E-state index is 12.4. The van der Waals surface area contributed by atoms with Gasteiger partial charge in [0.2, 0.25) is 5.91 Å². The number of nitrogens with one attached hydrogen (secondary N) is 2. The van der Waals surface area contributed by atoms with Crippen LogP contribution in [0.2, 0.25) is 0 Å². The van der Waals surface area contributed by atoms with Gasteiger partial charge in [0, 0.05) is 6.54 Å². The molecule has 0 saturated heterocycles. The van der Waals surface area contributed by atoms with Crippen molar-refractivity contribution >= 4 is 23.2 Å². The summed E-state index contributed by atoms with van der Waals surface area (Å²) in [5.74, 6) is -0.492. The van der Waals surface area contributed by atoms with Crippen LogP contribution in [-0.4, -0.2) is 35.1 Å². The maximum absolute atomic E-state index is 12.4. The first-order chi connectivity index (χ1) is 10.9. The van der Waals surface area contributed by atoms with E-state index in [9.17, 15) is 14.7 Å². The summed E-state index contributed by atoms with van der Waals surface area (Å²) in [6.45, 7) is 4.05. The van der Waals surface area contributed by atoms with Crippen molar-refractivity contribution in [2.45, 2.75) is 57.6 Å². The van der Waals surface area contributed by atoms with Crippen LogP contribution in [0.25, 0.3) is 0 Å². The summed E-state index contributed by atoms with van der Waals surface area (Å²) in [5, 5.41) is 17.9. The molecule has 1 saturated carbocycles. The van der Waals surface area contributed by atoms with Crippen LogP contribution in [0.1, 0.15) is 55.6 Å². The third kappa shape index (κ3) is 5.04. The van der Waals surface area contributed by atoms with E-state index in [0.717, 1.165) is 32.1 Å². The Balaban J connectivity index is 1.91. The van der Waals surface area contributed by atoms with E-state index in [1.54, 1.807) is 6.07 Å². The van der Waals surface area contributed by atoms with Crippen LogP contribution in [0.15, 0.2) is 17.5 Å². The summed E-state index contributed by atoms with van der Waals surface area (Å²) in [7, 11) is 0. The molecular formula is C17H26N2O3S. The van der Waals surface area contributed by atoms with Gasteiger partial charge in [-0.25, -0.2) is 0 Å². The smallest absolute Gasteiger partial charge is 0.262 e. The van der Waals surface area contributed by atoms with E-state index < -0.39 is 11.6 Å². The molecule has 1 aliphatic rings. The number of thiophene rings is 1. The molecule has 1 heterocycles. The highest BCUT2D eigenvalue weighted by atomic mass is 32.1. The molecule has 2 rings (SSSR count). The summed E-state index contributed by atoms with van der Waals surface area (Å²) in [6.07, 6.45) is 4.58. The Morgan fingerprint density at radius 2 is 2.00 bits per heavy atom. The molecule has 23 heavy (non-hydrogen) atoms. The minimum Gasteiger partial charge on any atom is -0.388 e. The lowest BCUT2D eigenvalue weighted by molar-refractivity contribution is -0.125.